The Bertz CT molecular complexity index is 385. The lowest BCUT2D eigenvalue weighted by Crippen LogP contribution is -2.19. The molecule has 0 radical (unpaired) electrons. The van der Waals surface area contributed by atoms with E-state index in [2.05, 4.69) is 5.32 Å². The number of nitro benzene ring substituents is 1. The van der Waals surface area contributed by atoms with Crippen molar-refractivity contribution in [3.05, 3.63) is 38.9 Å². The molecule has 0 heterocycles. The summed E-state index contributed by atoms with van der Waals surface area (Å²) in [7, 11) is 0. The zero-order chi connectivity index (χ0) is 12.7. The maximum Gasteiger partial charge on any atom is 0.269 e. The summed E-state index contributed by atoms with van der Waals surface area (Å²) in [5.41, 5.74) is 0.772. The van der Waals surface area contributed by atoms with Gasteiger partial charge in [0, 0.05) is 36.9 Å². The molecule has 1 aromatic rings. The predicted molar refractivity (Wildman–Crippen MR) is 66.3 cm³/mol. The van der Waals surface area contributed by atoms with Crippen LogP contribution in [0.15, 0.2) is 18.2 Å². The summed E-state index contributed by atoms with van der Waals surface area (Å²) in [6.45, 7) is 4.40. The summed E-state index contributed by atoms with van der Waals surface area (Å²) >= 11 is 5.95. The first-order valence-corrected chi connectivity index (χ1v) is 5.74. The minimum Gasteiger partial charge on any atom is -0.380 e. The third-order valence-corrected chi connectivity index (χ3v) is 2.55. The largest absolute Gasteiger partial charge is 0.380 e. The molecule has 0 spiro atoms. The Morgan fingerprint density at radius 1 is 1.53 bits per heavy atom. The minimum atomic E-state index is -0.431. The van der Waals surface area contributed by atoms with Crippen molar-refractivity contribution in [1.29, 1.82) is 0 Å². The topological polar surface area (TPSA) is 64.4 Å². The Hall–Kier alpha value is -1.17. The van der Waals surface area contributed by atoms with Crippen molar-refractivity contribution >= 4 is 17.3 Å². The number of benzene rings is 1. The van der Waals surface area contributed by atoms with Gasteiger partial charge in [-0.05, 0) is 18.6 Å². The Morgan fingerprint density at radius 3 is 2.94 bits per heavy atom. The van der Waals surface area contributed by atoms with Crippen molar-refractivity contribution in [2.45, 2.75) is 13.5 Å². The van der Waals surface area contributed by atoms with Gasteiger partial charge in [0.15, 0.2) is 0 Å². The van der Waals surface area contributed by atoms with Gasteiger partial charge in [-0.3, -0.25) is 10.1 Å². The van der Waals surface area contributed by atoms with E-state index in [0.29, 0.717) is 31.3 Å². The second-order valence-electron chi connectivity index (χ2n) is 3.41. The SMILES string of the molecule is CCOCCNCc1cc([N+](=O)[O-])ccc1Cl. The number of nitrogens with zero attached hydrogens (tertiary/aromatic N) is 1. The number of hydrogen-bond acceptors (Lipinski definition) is 4. The molecule has 5 nitrogen and oxygen atoms in total. The molecule has 1 rings (SSSR count). The molecule has 0 atom stereocenters. The van der Waals surface area contributed by atoms with E-state index in [1.165, 1.54) is 12.1 Å². The second-order valence-corrected chi connectivity index (χ2v) is 3.81. The maximum atomic E-state index is 10.6. The Morgan fingerprint density at radius 2 is 2.29 bits per heavy atom. The summed E-state index contributed by atoms with van der Waals surface area (Å²) in [6.07, 6.45) is 0. The Balaban J connectivity index is 2.51. The molecule has 1 N–H and O–H groups in total. The van der Waals surface area contributed by atoms with Crippen LogP contribution >= 0.6 is 11.6 Å². The zero-order valence-corrected chi connectivity index (χ0v) is 10.4. The van der Waals surface area contributed by atoms with Crippen molar-refractivity contribution in [2.24, 2.45) is 0 Å². The summed E-state index contributed by atoms with van der Waals surface area (Å²) in [5, 5.41) is 14.2. The van der Waals surface area contributed by atoms with E-state index in [1.54, 1.807) is 6.07 Å². The molecule has 94 valence electrons. The van der Waals surface area contributed by atoms with Crippen LogP contribution in [-0.4, -0.2) is 24.7 Å². The van der Waals surface area contributed by atoms with Crippen molar-refractivity contribution in [2.75, 3.05) is 19.8 Å². The number of rotatable bonds is 7. The van der Waals surface area contributed by atoms with Crippen LogP contribution in [0.5, 0.6) is 0 Å². The van der Waals surface area contributed by atoms with Gasteiger partial charge >= 0.3 is 0 Å². The lowest BCUT2D eigenvalue weighted by molar-refractivity contribution is -0.384. The molecule has 6 heteroatoms. The molecular weight excluding hydrogens is 244 g/mol. The lowest BCUT2D eigenvalue weighted by Gasteiger charge is -2.06. The van der Waals surface area contributed by atoms with Gasteiger partial charge in [-0.25, -0.2) is 0 Å². The molecule has 0 unspecified atom stereocenters. The second kappa shape index (κ2) is 7.21. The fourth-order valence-corrected chi connectivity index (χ4v) is 1.51. The van der Waals surface area contributed by atoms with Gasteiger partial charge in [-0.1, -0.05) is 11.6 Å². The van der Waals surface area contributed by atoms with Crippen molar-refractivity contribution in [3.63, 3.8) is 0 Å². The van der Waals surface area contributed by atoms with Gasteiger partial charge in [0.25, 0.3) is 5.69 Å². The quantitative estimate of drug-likeness (QED) is 0.463. The number of nitro groups is 1. The predicted octanol–water partition coefficient (Wildman–Crippen LogP) is 2.37. The van der Waals surface area contributed by atoms with E-state index in [9.17, 15) is 10.1 Å². The summed E-state index contributed by atoms with van der Waals surface area (Å²) in [4.78, 5) is 10.2. The first kappa shape index (κ1) is 13.9. The Kier molecular flexibility index (Phi) is 5.90. The van der Waals surface area contributed by atoms with Gasteiger partial charge in [-0.15, -0.1) is 0 Å². The molecule has 0 saturated carbocycles. The first-order valence-electron chi connectivity index (χ1n) is 5.36. The van der Waals surface area contributed by atoms with Crippen LogP contribution in [0.25, 0.3) is 0 Å². The van der Waals surface area contributed by atoms with Crippen LogP contribution < -0.4 is 5.32 Å². The number of ether oxygens (including phenoxy) is 1. The van der Waals surface area contributed by atoms with Gasteiger partial charge in [-0.2, -0.15) is 0 Å². The minimum absolute atomic E-state index is 0.0519. The highest BCUT2D eigenvalue weighted by atomic mass is 35.5. The third kappa shape index (κ3) is 4.68. The fraction of sp³-hybridized carbons (Fsp3) is 0.455. The van der Waals surface area contributed by atoms with Crippen molar-refractivity contribution < 1.29 is 9.66 Å². The average molecular weight is 259 g/mol. The normalized spacial score (nSPS) is 10.5. The summed E-state index contributed by atoms with van der Waals surface area (Å²) in [5.74, 6) is 0. The summed E-state index contributed by atoms with van der Waals surface area (Å²) < 4.78 is 5.16. The van der Waals surface area contributed by atoms with Crippen LogP contribution in [0.4, 0.5) is 5.69 Å². The zero-order valence-electron chi connectivity index (χ0n) is 9.61. The van der Waals surface area contributed by atoms with Gasteiger partial charge < -0.3 is 10.1 Å². The smallest absolute Gasteiger partial charge is 0.269 e. The van der Waals surface area contributed by atoms with Crippen molar-refractivity contribution in [1.82, 2.24) is 5.32 Å². The molecule has 1 aromatic carbocycles. The van der Waals surface area contributed by atoms with Crippen molar-refractivity contribution in [3.8, 4) is 0 Å². The molecule has 0 amide bonds. The molecule has 0 saturated heterocycles. The molecule has 0 aliphatic heterocycles. The molecule has 0 bridgehead atoms. The Labute approximate surface area is 105 Å². The molecular formula is C11H15ClN2O3. The monoisotopic (exact) mass is 258 g/mol. The van der Waals surface area contributed by atoms with E-state index in [0.717, 1.165) is 5.56 Å². The molecule has 0 aromatic heterocycles. The summed E-state index contributed by atoms with van der Waals surface area (Å²) in [6, 6.07) is 4.42. The molecule has 17 heavy (non-hydrogen) atoms. The van der Waals surface area contributed by atoms with E-state index in [-0.39, 0.29) is 5.69 Å². The highest BCUT2D eigenvalue weighted by Crippen LogP contribution is 2.21. The first-order chi connectivity index (χ1) is 8.15. The van der Waals surface area contributed by atoms with Crippen LogP contribution in [0.3, 0.4) is 0 Å². The van der Waals surface area contributed by atoms with E-state index < -0.39 is 4.92 Å². The number of nitrogens with one attached hydrogen (secondary N) is 1. The van der Waals surface area contributed by atoms with E-state index in [4.69, 9.17) is 16.3 Å². The van der Waals surface area contributed by atoms with Crippen LogP contribution in [-0.2, 0) is 11.3 Å². The number of halogens is 1. The van der Waals surface area contributed by atoms with Gasteiger partial charge in [0.05, 0.1) is 11.5 Å². The maximum absolute atomic E-state index is 10.6. The highest BCUT2D eigenvalue weighted by molar-refractivity contribution is 6.31. The average Bonchev–Trinajstić information content (AvgIpc) is 2.30. The molecule has 0 aliphatic carbocycles. The highest BCUT2D eigenvalue weighted by Gasteiger charge is 2.09. The van der Waals surface area contributed by atoms with Crippen LogP contribution in [0.2, 0.25) is 5.02 Å². The lowest BCUT2D eigenvalue weighted by atomic mass is 10.2. The fourth-order valence-electron chi connectivity index (χ4n) is 1.32. The van der Waals surface area contributed by atoms with Gasteiger partial charge in [0.2, 0.25) is 0 Å². The third-order valence-electron chi connectivity index (χ3n) is 2.18. The number of hydrogen-bond donors (Lipinski definition) is 1. The van der Waals surface area contributed by atoms with Crippen LogP contribution in [0.1, 0.15) is 12.5 Å². The molecule has 0 aliphatic rings. The van der Waals surface area contributed by atoms with E-state index in [1.807, 2.05) is 6.92 Å². The van der Waals surface area contributed by atoms with E-state index >= 15 is 0 Å². The standard InChI is InChI=1S/C11H15ClN2O3/c1-2-17-6-5-13-8-9-7-10(14(15)16)3-4-11(9)12/h3-4,7,13H,2,5-6,8H2,1H3. The van der Waals surface area contributed by atoms with Gasteiger partial charge in [0.1, 0.15) is 0 Å². The van der Waals surface area contributed by atoms with Crippen LogP contribution in [0, 0.1) is 10.1 Å². The molecule has 0 fully saturated rings. The number of non-ortho nitro benzene ring substituents is 1.